The minimum absolute atomic E-state index is 0.0337. The van der Waals surface area contributed by atoms with Gasteiger partial charge in [0, 0.05) is 17.5 Å². The molecule has 4 nitrogen and oxygen atoms in total. The van der Waals surface area contributed by atoms with Gasteiger partial charge < -0.3 is 5.11 Å². The van der Waals surface area contributed by atoms with Crippen LogP contribution in [0.2, 0.25) is 0 Å². The summed E-state index contributed by atoms with van der Waals surface area (Å²) in [6.07, 6.45) is 1.85. The van der Waals surface area contributed by atoms with E-state index >= 15 is 0 Å². The lowest BCUT2D eigenvalue weighted by atomic mass is 10.1. The van der Waals surface area contributed by atoms with Gasteiger partial charge in [0.25, 0.3) is 0 Å². The molecule has 2 aromatic rings. The predicted molar refractivity (Wildman–Crippen MR) is 82.0 cm³/mol. The highest BCUT2D eigenvalue weighted by molar-refractivity contribution is 7.99. The van der Waals surface area contributed by atoms with Gasteiger partial charge in [0.15, 0.2) is 0 Å². The van der Waals surface area contributed by atoms with Crippen LogP contribution in [-0.2, 0) is 4.79 Å². The number of carboxylic acids is 1. The predicted octanol–water partition coefficient (Wildman–Crippen LogP) is 2.91. The number of thioether (sulfide) groups is 1. The molecule has 2 N–H and O–H groups in total. The van der Waals surface area contributed by atoms with E-state index in [-0.39, 0.29) is 5.37 Å². The monoisotopic (exact) mass is 306 g/mol. The van der Waals surface area contributed by atoms with Crippen LogP contribution in [0.4, 0.5) is 0 Å². The molecular weight excluding hydrogens is 292 g/mol. The van der Waals surface area contributed by atoms with E-state index in [1.165, 1.54) is 5.56 Å². The van der Waals surface area contributed by atoms with Gasteiger partial charge >= 0.3 is 5.97 Å². The van der Waals surface area contributed by atoms with Crippen molar-refractivity contribution in [3.63, 3.8) is 0 Å². The highest BCUT2D eigenvalue weighted by atomic mass is 32.2. The van der Waals surface area contributed by atoms with Gasteiger partial charge in [-0.05, 0) is 12.5 Å². The molecule has 1 saturated heterocycles. The summed E-state index contributed by atoms with van der Waals surface area (Å²) in [7, 11) is 0. The Balaban J connectivity index is 1.81. The van der Waals surface area contributed by atoms with Crippen LogP contribution in [0.3, 0.4) is 0 Å². The molecule has 2 atom stereocenters. The Hall–Kier alpha value is -1.37. The molecule has 1 aliphatic rings. The second-order valence-electron chi connectivity index (χ2n) is 4.65. The number of carbonyl (C=O) groups is 1. The summed E-state index contributed by atoms with van der Waals surface area (Å²) in [5.41, 5.74) is 2.34. The van der Waals surface area contributed by atoms with Gasteiger partial charge in [-0.1, -0.05) is 24.3 Å². The van der Waals surface area contributed by atoms with Crippen LogP contribution < -0.4 is 5.32 Å². The van der Waals surface area contributed by atoms with Crippen LogP contribution in [-0.4, -0.2) is 27.9 Å². The Morgan fingerprint density at radius 1 is 1.45 bits per heavy atom. The number of hydrogen-bond donors (Lipinski definition) is 2. The van der Waals surface area contributed by atoms with Gasteiger partial charge in [0.1, 0.15) is 11.0 Å². The summed E-state index contributed by atoms with van der Waals surface area (Å²) >= 11 is 3.25. The number of aryl methyl sites for hydroxylation is 1. The SMILES string of the molecule is Cc1ccccc1-c1ncc(C2NC(C(=O)O)CS2)s1. The highest BCUT2D eigenvalue weighted by Gasteiger charge is 2.31. The van der Waals surface area contributed by atoms with Gasteiger partial charge in [-0.2, -0.15) is 0 Å². The van der Waals surface area contributed by atoms with Crippen molar-refractivity contribution >= 4 is 29.1 Å². The van der Waals surface area contributed by atoms with Crippen LogP contribution in [0.15, 0.2) is 30.5 Å². The molecule has 0 radical (unpaired) electrons. The van der Waals surface area contributed by atoms with Gasteiger partial charge in [-0.3, -0.25) is 10.1 Å². The summed E-state index contributed by atoms with van der Waals surface area (Å²) < 4.78 is 0. The van der Waals surface area contributed by atoms with E-state index in [1.807, 2.05) is 18.3 Å². The molecule has 104 valence electrons. The molecule has 1 aromatic carbocycles. The zero-order valence-corrected chi connectivity index (χ0v) is 12.5. The van der Waals surface area contributed by atoms with Crippen molar-refractivity contribution < 1.29 is 9.90 Å². The molecule has 1 fully saturated rings. The first kappa shape index (κ1) is 13.6. The Kier molecular flexibility index (Phi) is 3.78. The van der Waals surface area contributed by atoms with Crippen LogP contribution >= 0.6 is 23.1 Å². The number of thiazole rings is 1. The Morgan fingerprint density at radius 3 is 2.95 bits per heavy atom. The Bertz CT molecular complexity index is 642. The van der Waals surface area contributed by atoms with Gasteiger partial charge in [0.05, 0.1) is 10.3 Å². The van der Waals surface area contributed by atoms with E-state index in [4.69, 9.17) is 5.11 Å². The van der Waals surface area contributed by atoms with Crippen LogP contribution in [0.5, 0.6) is 0 Å². The number of benzene rings is 1. The third-order valence-corrected chi connectivity index (χ3v) is 5.73. The van der Waals surface area contributed by atoms with Crippen molar-refractivity contribution in [3.8, 4) is 10.6 Å². The average Bonchev–Trinajstić information content (AvgIpc) is 3.08. The largest absolute Gasteiger partial charge is 0.480 e. The second kappa shape index (κ2) is 5.55. The fourth-order valence-electron chi connectivity index (χ4n) is 2.12. The summed E-state index contributed by atoms with van der Waals surface area (Å²) in [4.78, 5) is 16.5. The lowest BCUT2D eigenvalue weighted by molar-refractivity contribution is -0.138. The molecule has 0 aliphatic carbocycles. The normalized spacial score (nSPS) is 22.1. The number of carboxylic acid groups (broad SMARTS) is 1. The lowest BCUT2D eigenvalue weighted by Crippen LogP contribution is -2.33. The van der Waals surface area contributed by atoms with Gasteiger partial charge in [-0.25, -0.2) is 4.98 Å². The van der Waals surface area contributed by atoms with Crippen molar-refractivity contribution in [3.05, 3.63) is 40.9 Å². The first-order valence-electron chi connectivity index (χ1n) is 6.27. The van der Waals surface area contributed by atoms with Crippen molar-refractivity contribution in [2.75, 3.05) is 5.75 Å². The maximum atomic E-state index is 11.0. The van der Waals surface area contributed by atoms with Crippen LogP contribution in [0.1, 0.15) is 15.8 Å². The molecule has 0 amide bonds. The second-order valence-corrected chi connectivity index (χ2v) is 6.85. The summed E-state index contributed by atoms with van der Waals surface area (Å²) in [5.74, 6) is -0.193. The van der Waals surface area contributed by atoms with Crippen LogP contribution in [0.25, 0.3) is 10.6 Å². The van der Waals surface area contributed by atoms with E-state index in [0.717, 1.165) is 15.4 Å². The molecule has 1 aliphatic heterocycles. The first-order chi connectivity index (χ1) is 9.65. The summed E-state index contributed by atoms with van der Waals surface area (Å²) in [6, 6.07) is 7.69. The third-order valence-electron chi connectivity index (χ3n) is 3.24. The van der Waals surface area contributed by atoms with Crippen LogP contribution in [0, 0.1) is 6.92 Å². The van der Waals surface area contributed by atoms with Gasteiger partial charge in [0.2, 0.25) is 0 Å². The molecule has 1 aromatic heterocycles. The number of aliphatic carboxylic acids is 1. The highest BCUT2D eigenvalue weighted by Crippen LogP contribution is 2.38. The van der Waals surface area contributed by atoms with Crippen molar-refractivity contribution in [1.82, 2.24) is 10.3 Å². The van der Waals surface area contributed by atoms with Crippen molar-refractivity contribution in [2.24, 2.45) is 0 Å². The number of nitrogens with zero attached hydrogens (tertiary/aromatic N) is 1. The van der Waals surface area contributed by atoms with E-state index in [1.54, 1.807) is 23.1 Å². The summed E-state index contributed by atoms with van der Waals surface area (Å²) in [5, 5.41) is 13.1. The average molecular weight is 306 g/mol. The van der Waals surface area contributed by atoms with Crippen molar-refractivity contribution in [1.29, 1.82) is 0 Å². The maximum absolute atomic E-state index is 11.0. The number of rotatable bonds is 3. The molecule has 0 spiro atoms. The molecule has 0 saturated carbocycles. The third kappa shape index (κ3) is 2.59. The zero-order valence-electron chi connectivity index (χ0n) is 10.9. The minimum atomic E-state index is -0.788. The van der Waals surface area contributed by atoms with E-state index in [9.17, 15) is 4.79 Å². The topological polar surface area (TPSA) is 62.2 Å². The minimum Gasteiger partial charge on any atom is -0.480 e. The molecule has 20 heavy (non-hydrogen) atoms. The molecule has 2 heterocycles. The molecular formula is C14H14N2O2S2. The zero-order chi connectivity index (χ0) is 14.1. The molecule has 3 rings (SSSR count). The lowest BCUT2D eigenvalue weighted by Gasteiger charge is -2.07. The van der Waals surface area contributed by atoms with E-state index in [0.29, 0.717) is 5.75 Å². The fraction of sp³-hybridized carbons (Fsp3) is 0.286. The quantitative estimate of drug-likeness (QED) is 0.913. The van der Waals surface area contributed by atoms with Crippen molar-refractivity contribution in [2.45, 2.75) is 18.3 Å². The Labute approximate surface area is 125 Å². The first-order valence-corrected chi connectivity index (χ1v) is 8.14. The van der Waals surface area contributed by atoms with E-state index < -0.39 is 12.0 Å². The molecule has 0 bridgehead atoms. The molecule has 6 heteroatoms. The number of aromatic nitrogens is 1. The molecule has 2 unspecified atom stereocenters. The summed E-state index contributed by atoms with van der Waals surface area (Å²) in [6.45, 7) is 2.07. The fourth-order valence-corrected chi connectivity index (χ4v) is 4.53. The Morgan fingerprint density at radius 2 is 2.25 bits per heavy atom. The number of hydrogen-bond acceptors (Lipinski definition) is 5. The number of nitrogens with one attached hydrogen (secondary N) is 1. The standard InChI is InChI=1S/C14H14N2O2S2/c1-8-4-2-3-5-9(8)12-15-6-11(20-12)13-16-10(7-19-13)14(17)18/h2-6,10,13,16H,7H2,1H3,(H,17,18). The van der Waals surface area contributed by atoms with Gasteiger partial charge in [-0.15, -0.1) is 23.1 Å². The smallest absolute Gasteiger partial charge is 0.321 e. The van der Waals surface area contributed by atoms with E-state index in [2.05, 4.69) is 29.4 Å². The maximum Gasteiger partial charge on any atom is 0.321 e.